The molecule has 5 atom stereocenters. The molecular formula is C34H43BrMgN2O2. The van der Waals surface area contributed by atoms with Crippen LogP contribution in [0.3, 0.4) is 0 Å². The molecule has 40 heavy (non-hydrogen) atoms. The first-order valence-electron chi connectivity index (χ1n) is 14.9. The van der Waals surface area contributed by atoms with Crippen molar-refractivity contribution in [1.82, 2.24) is 0 Å². The van der Waals surface area contributed by atoms with Gasteiger partial charge >= 0.3 is 18.2 Å². The number of benzene rings is 2. The fourth-order valence-corrected chi connectivity index (χ4v) is 9.35. The molecule has 0 aromatic heterocycles. The minimum atomic E-state index is -0.188. The number of rotatable bonds is 4. The fraction of sp³-hybridized carbons (Fsp3) is 0.500. The molecule has 0 amide bonds. The summed E-state index contributed by atoms with van der Waals surface area (Å²) < 4.78 is 1.45. The minimum absolute atomic E-state index is 0.00527. The van der Waals surface area contributed by atoms with Crippen molar-refractivity contribution in [3.05, 3.63) is 76.9 Å². The lowest BCUT2D eigenvalue weighted by Gasteiger charge is -2.52. The van der Waals surface area contributed by atoms with Crippen molar-refractivity contribution in [1.29, 1.82) is 0 Å². The lowest BCUT2D eigenvalue weighted by atomic mass is 9.53. The van der Waals surface area contributed by atoms with E-state index in [9.17, 15) is 9.90 Å². The number of halogens is 1. The van der Waals surface area contributed by atoms with Crippen LogP contribution in [0.25, 0.3) is 0 Å². The molecule has 6 rings (SSSR count). The maximum Gasteiger partial charge on any atom is 0.506 e. The molecule has 2 aromatic rings. The van der Waals surface area contributed by atoms with Crippen molar-refractivity contribution < 1.29 is 9.90 Å². The Hall–Kier alpha value is -1.60. The van der Waals surface area contributed by atoms with Gasteiger partial charge < -0.3 is 14.9 Å². The fourth-order valence-electron chi connectivity index (χ4n) is 7.82. The van der Waals surface area contributed by atoms with Gasteiger partial charge in [0, 0.05) is 51.9 Å². The summed E-state index contributed by atoms with van der Waals surface area (Å²) in [6, 6.07) is 17.7. The number of carbonyl (C=O) groups is 1. The zero-order chi connectivity index (χ0) is 28.6. The van der Waals surface area contributed by atoms with Gasteiger partial charge in [-0.05, 0) is 103 Å². The molecule has 1 N–H and O–H groups in total. The van der Waals surface area contributed by atoms with E-state index in [0.29, 0.717) is 30.0 Å². The topological polar surface area (TPSA) is 43.8 Å². The van der Waals surface area contributed by atoms with Gasteiger partial charge in [-0.3, -0.25) is 17.7 Å². The Morgan fingerprint density at radius 1 is 0.875 bits per heavy atom. The number of aliphatic hydroxyl groups excluding tert-OH is 1. The lowest BCUT2D eigenvalue weighted by molar-refractivity contribution is -0.114. The monoisotopic (exact) mass is 614 g/mol. The predicted octanol–water partition coefficient (Wildman–Crippen LogP) is 6.41. The largest absolute Gasteiger partial charge is 0.506 e. The number of carbonyl (C=O) groups excluding carboxylic acids is 1. The highest BCUT2D eigenvalue weighted by Crippen LogP contribution is 2.63. The van der Waals surface area contributed by atoms with Crippen LogP contribution in [0.1, 0.15) is 63.4 Å². The number of nitrogens with zero attached hydrogens (tertiary/aromatic N) is 2. The van der Waals surface area contributed by atoms with Crippen molar-refractivity contribution in [2.75, 3.05) is 38.0 Å². The molecule has 2 fully saturated rings. The number of ketones is 1. The van der Waals surface area contributed by atoms with Gasteiger partial charge in [0.25, 0.3) is 0 Å². The molecule has 2 aromatic carbocycles. The van der Waals surface area contributed by atoms with E-state index in [4.69, 9.17) is 0 Å². The van der Waals surface area contributed by atoms with Crippen molar-refractivity contribution in [2.24, 2.45) is 17.3 Å². The van der Waals surface area contributed by atoms with Crippen LogP contribution >= 0.6 is 12.9 Å². The Morgan fingerprint density at radius 3 is 2.10 bits per heavy atom. The molecular weight excluding hydrogens is 573 g/mol. The van der Waals surface area contributed by atoms with Crippen LogP contribution in [0.15, 0.2) is 71.3 Å². The van der Waals surface area contributed by atoms with E-state index >= 15 is 0 Å². The van der Waals surface area contributed by atoms with Gasteiger partial charge in [0.2, 0.25) is 0 Å². The molecule has 2 saturated carbocycles. The zero-order valence-electron chi connectivity index (χ0n) is 24.8. The second kappa shape index (κ2) is 12.3. The van der Waals surface area contributed by atoms with Crippen molar-refractivity contribution in [2.45, 2.75) is 63.9 Å². The first-order valence-corrected chi connectivity index (χ1v) is 19.5. The van der Waals surface area contributed by atoms with E-state index in [-0.39, 0.29) is 29.7 Å². The lowest BCUT2D eigenvalue weighted by Crippen LogP contribution is -2.45. The van der Waals surface area contributed by atoms with E-state index in [2.05, 4.69) is 106 Å². The van der Waals surface area contributed by atoms with Gasteiger partial charge in [0.1, 0.15) is 0 Å². The molecule has 0 heterocycles. The van der Waals surface area contributed by atoms with Crippen LogP contribution in [0, 0.1) is 17.3 Å². The van der Waals surface area contributed by atoms with Crippen molar-refractivity contribution >= 4 is 51.9 Å². The third-order valence-electron chi connectivity index (χ3n) is 10.1. The average Bonchev–Trinajstić information content (AvgIpc) is 3.26. The Bertz CT molecular complexity index is 1280. The minimum Gasteiger partial charge on any atom is -0.393 e. The molecule has 6 heteroatoms. The van der Waals surface area contributed by atoms with Gasteiger partial charge in [-0.1, -0.05) is 36.8 Å². The van der Waals surface area contributed by atoms with Gasteiger partial charge in [0.15, 0.2) is 5.78 Å². The summed E-state index contributed by atoms with van der Waals surface area (Å²) in [5, 5.41) is 10.9. The van der Waals surface area contributed by atoms with E-state index in [1.54, 1.807) is 5.57 Å². The Morgan fingerprint density at radius 2 is 1.50 bits per heavy atom. The third-order valence-corrected chi connectivity index (χ3v) is 12.8. The molecule has 0 saturated heterocycles. The van der Waals surface area contributed by atoms with Crippen LogP contribution in [0.2, 0.25) is 0 Å². The highest BCUT2D eigenvalue weighted by Gasteiger charge is 2.56. The first-order chi connectivity index (χ1) is 19.1. The summed E-state index contributed by atoms with van der Waals surface area (Å²) in [6.07, 6.45) is 8.59. The van der Waals surface area contributed by atoms with E-state index < -0.39 is 0 Å². The van der Waals surface area contributed by atoms with Crippen LogP contribution in [-0.4, -0.2) is 63.4 Å². The number of fused-ring (bicyclic) bond motifs is 4. The molecule has 4 nitrogen and oxygen atoms in total. The maximum absolute atomic E-state index is 12.1. The summed E-state index contributed by atoms with van der Waals surface area (Å²) in [7, 11) is 8.27. The van der Waals surface area contributed by atoms with Crippen molar-refractivity contribution in [3.63, 3.8) is 0 Å². The van der Waals surface area contributed by atoms with E-state index in [0.717, 1.165) is 38.5 Å². The zero-order valence-corrected chi connectivity index (χ0v) is 27.8. The van der Waals surface area contributed by atoms with Crippen molar-refractivity contribution in [3.8, 4) is 0 Å². The molecule has 0 radical (unpaired) electrons. The molecule has 0 aliphatic heterocycles. The number of aliphatic hydroxyl groups is 1. The summed E-state index contributed by atoms with van der Waals surface area (Å²) in [5.41, 5.74) is 8.28. The second-order valence-electron chi connectivity index (χ2n) is 12.9. The maximum atomic E-state index is 12.1. The number of hydrogen-bond donors (Lipinski definition) is 1. The number of hydrogen-bond acceptors (Lipinski definition) is 4. The van der Waals surface area contributed by atoms with Crippen LogP contribution in [0.5, 0.6) is 0 Å². The summed E-state index contributed by atoms with van der Waals surface area (Å²) in [6.45, 7) is 2.34. The van der Waals surface area contributed by atoms with Gasteiger partial charge in [-0.2, -0.15) is 3.69 Å². The Labute approximate surface area is 256 Å². The third kappa shape index (κ3) is 5.84. The summed E-state index contributed by atoms with van der Waals surface area (Å²) in [4.78, 5) is 16.3. The van der Waals surface area contributed by atoms with Crippen LogP contribution < -0.4 is 13.5 Å². The van der Waals surface area contributed by atoms with Crippen LogP contribution in [0.4, 0.5) is 11.4 Å². The molecule has 1 unspecified atom stereocenters. The van der Waals surface area contributed by atoms with Crippen LogP contribution in [-0.2, 0) is 4.79 Å². The van der Waals surface area contributed by atoms with Gasteiger partial charge in [-0.15, -0.1) is 0 Å². The first kappa shape index (κ1) is 29.9. The predicted molar refractivity (Wildman–Crippen MR) is 172 cm³/mol. The molecule has 0 spiro atoms. The van der Waals surface area contributed by atoms with Gasteiger partial charge in [0.05, 0.1) is 6.10 Å². The number of allylic oxidation sites excluding steroid dienone is 4. The normalized spacial score (nSPS) is 28.8. The Balaban J connectivity index is 0.000000248. The average molecular weight is 616 g/mol. The summed E-state index contributed by atoms with van der Waals surface area (Å²) >= 11 is 3.39. The molecule has 210 valence electrons. The summed E-state index contributed by atoms with van der Waals surface area (Å²) in [5.74, 6) is 1.80. The van der Waals surface area contributed by atoms with Gasteiger partial charge in [-0.25, -0.2) is 0 Å². The smallest absolute Gasteiger partial charge is 0.393 e. The molecule has 4 aliphatic rings. The Kier molecular flexibility index (Phi) is 9.21. The quantitative estimate of drug-likeness (QED) is 0.404. The standard InChI is InChI=1S/C26H33NO2.C8H10N.BrH.Mg/c1-26-15-22(16-4-7-18(8-5-16)27(2)3)25-20-11-9-19(28)14-17(20)6-10-21(25)23(26)12-13-24(26)29;1-9(2)8-6-4-3-5-7-8;;/h4-5,7-8,14,21-24,29H,6,9-13,15H2,1-3H3;4-7H,1-2H3;1H;/q;;;+1/p-1/t21-,22+,23-,24?,26-;;;/m0.../s1. The number of anilines is 2. The van der Waals surface area contributed by atoms with E-state index in [1.165, 1.54) is 31.8 Å². The second-order valence-corrected chi connectivity index (χ2v) is 15.6. The highest BCUT2D eigenvalue weighted by molar-refractivity contribution is 9.23. The molecule has 4 aliphatic carbocycles. The molecule has 0 bridgehead atoms. The SMILES string of the molecule is CN(C)c1cc[c]([Mg][Br])cc1.CN(C)c1ccc([C@H]2C[C@]3(C)C(O)CC[C@H]3[C@@H]3CCC4=CC(=O)CCC4=C32)cc1. The highest BCUT2D eigenvalue weighted by atomic mass is 79.9. The van der Waals surface area contributed by atoms with E-state index in [1.807, 2.05) is 6.08 Å².